The van der Waals surface area contributed by atoms with Gasteiger partial charge in [-0.25, -0.2) is 4.98 Å². The summed E-state index contributed by atoms with van der Waals surface area (Å²) in [5, 5.41) is 12.2. The van der Waals surface area contributed by atoms with Crippen LogP contribution in [0.5, 0.6) is 0 Å². The van der Waals surface area contributed by atoms with Crippen LogP contribution in [0.1, 0.15) is 23.5 Å². The van der Waals surface area contributed by atoms with E-state index >= 15 is 0 Å². The number of rotatable bonds is 4. The first-order chi connectivity index (χ1) is 9.26. The molecule has 0 amide bonds. The smallest absolute Gasteiger partial charge is 0.130 e. The van der Waals surface area contributed by atoms with Gasteiger partial charge in [-0.1, -0.05) is 18.2 Å². The summed E-state index contributed by atoms with van der Waals surface area (Å²) in [4.78, 5) is 4.40. The Bertz CT molecular complexity index is 551. The number of hydrogen-bond acceptors (Lipinski definition) is 4. The molecule has 1 aromatic heterocycles. The van der Waals surface area contributed by atoms with E-state index in [-0.39, 0.29) is 6.61 Å². The standard InChI is InChI=1S/C15H17N3O/c16-14-7-13(14)11-3-6-15(17-8-11)18-12-4-1-10(9-19)2-5-12/h1-6,8,13-14,19H,7,9,16H2,(H,17,18)/t13-,14+/m1/s1. The van der Waals surface area contributed by atoms with Crippen LogP contribution in [0.3, 0.4) is 0 Å². The molecule has 0 radical (unpaired) electrons. The Morgan fingerprint density at radius 2 is 1.95 bits per heavy atom. The molecule has 1 fully saturated rings. The number of aliphatic hydroxyl groups is 1. The highest BCUT2D eigenvalue weighted by Gasteiger charge is 2.34. The molecule has 0 saturated heterocycles. The minimum Gasteiger partial charge on any atom is -0.392 e. The fraction of sp³-hybridized carbons (Fsp3) is 0.267. The fourth-order valence-electron chi connectivity index (χ4n) is 2.14. The Kier molecular flexibility index (Phi) is 3.19. The Labute approximate surface area is 112 Å². The first kappa shape index (κ1) is 12.1. The van der Waals surface area contributed by atoms with Crippen LogP contribution in [-0.4, -0.2) is 16.1 Å². The maximum Gasteiger partial charge on any atom is 0.130 e. The van der Waals surface area contributed by atoms with Crippen molar-refractivity contribution in [3.63, 3.8) is 0 Å². The van der Waals surface area contributed by atoms with E-state index in [1.54, 1.807) is 0 Å². The van der Waals surface area contributed by atoms with E-state index in [0.717, 1.165) is 23.5 Å². The summed E-state index contributed by atoms with van der Waals surface area (Å²) in [7, 11) is 0. The number of hydrogen-bond donors (Lipinski definition) is 3. The number of pyridine rings is 1. The molecule has 0 aliphatic heterocycles. The molecule has 0 unspecified atom stereocenters. The zero-order valence-corrected chi connectivity index (χ0v) is 10.6. The van der Waals surface area contributed by atoms with Crippen LogP contribution < -0.4 is 11.1 Å². The summed E-state index contributed by atoms with van der Waals surface area (Å²) in [6.45, 7) is 0.0644. The highest BCUT2D eigenvalue weighted by Crippen LogP contribution is 2.38. The van der Waals surface area contributed by atoms with Crippen LogP contribution in [0.25, 0.3) is 0 Å². The Morgan fingerprint density at radius 3 is 2.47 bits per heavy atom. The van der Waals surface area contributed by atoms with Gasteiger partial charge in [0.15, 0.2) is 0 Å². The molecule has 19 heavy (non-hydrogen) atoms. The number of nitrogens with zero attached hydrogens (tertiary/aromatic N) is 1. The average Bonchev–Trinajstić information content (AvgIpc) is 3.18. The first-order valence-corrected chi connectivity index (χ1v) is 6.44. The molecular weight excluding hydrogens is 238 g/mol. The van der Waals surface area contributed by atoms with Gasteiger partial charge in [0.25, 0.3) is 0 Å². The van der Waals surface area contributed by atoms with Crippen molar-refractivity contribution >= 4 is 11.5 Å². The lowest BCUT2D eigenvalue weighted by molar-refractivity contribution is 0.282. The lowest BCUT2D eigenvalue weighted by Crippen LogP contribution is -2.01. The van der Waals surface area contributed by atoms with Gasteiger partial charge in [0.2, 0.25) is 0 Å². The number of aromatic nitrogens is 1. The largest absolute Gasteiger partial charge is 0.392 e. The maximum absolute atomic E-state index is 8.99. The topological polar surface area (TPSA) is 71.2 Å². The molecule has 4 N–H and O–H groups in total. The normalized spacial score (nSPS) is 21.2. The second kappa shape index (κ2) is 4.99. The summed E-state index contributed by atoms with van der Waals surface area (Å²) < 4.78 is 0. The predicted octanol–water partition coefficient (Wildman–Crippen LogP) is 2.13. The van der Waals surface area contributed by atoms with E-state index in [0.29, 0.717) is 12.0 Å². The van der Waals surface area contributed by atoms with Gasteiger partial charge in [-0.3, -0.25) is 0 Å². The Hall–Kier alpha value is -1.91. The summed E-state index contributed by atoms with van der Waals surface area (Å²) in [5.74, 6) is 1.31. The van der Waals surface area contributed by atoms with Gasteiger partial charge < -0.3 is 16.2 Å². The van der Waals surface area contributed by atoms with E-state index < -0.39 is 0 Å². The van der Waals surface area contributed by atoms with Crippen LogP contribution in [-0.2, 0) is 6.61 Å². The zero-order chi connectivity index (χ0) is 13.2. The number of anilines is 2. The third-order valence-corrected chi connectivity index (χ3v) is 3.46. The third-order valence-electron chi connectivity index (χ3n) is 3.46. The van der Waals surface area contributed by atoms with Gasteiger partial charge in [0, 0.05) is 23.8 Å². The Balaban J connectivity index is 1.68. The molecule has 1 heterocycles. The minimum atomic E-state index is 0.0644. The van der Waals surface area contributed by atoms with E-state index in [1.807, 2.05) is 36.5 Å². The third kappa shape index (κ3) is 2.75. The first-order valence-electron chi connectivity index (χ1n) is 6.44. The van der Waals surface area contributed by atoms with Gasteiger partial charge in [0.05, 0.1) is 6.61 Å². The van der Waals surface area contributed by atoms with Crippen LogP contribution in [0, 0.1) is 0 Å². The summed E-state index contributed by atoms with van der Waals surface area (Å²) in [6, 6.07) is 12.0. The molecule has 1 aliphatic carbocycles. The fourth-order valence-corrected chi connectivity index (χ4v) is 2.14. The molecule has 0 spiro atoms. The van der Waals surface area contributed by atoms with Crippen molar-refractivity contribution in [3.05, 3.63) is 53.7 Å². The van der Waals surface area contributed by atoms with Gasteiger partial charge >= 0.3 is 0 Å². The summed E-state index contributed by atoms with van der Waals surface area (Å²) >= 11 is 0. The molecule has 98 valence electrons. The predicted molar refractivity (Wildman–Crippen MR) is 75.2 cm³/mol. The van der Waals surface area contributed by atoms with Gasteiger partial charge in [-0.05, 0) is 35.7 Å². The highest BCUT2D eigenvalue weighted by atomic mass is 16.3. The van der Waals surface area contributed by atoms with E-state index in [4.69, 9.17) is 10.8 Å². The van der Waals surface area contributed by atoms with Crippen LogP contribution in [0.15, 0.2) is 42.6 Å². The number of aliphatic hydroxyl groups excluding tert-OH is 1. The summed E-state index contributed by atoms with van der Waals surface area (Å²) in [6.07, 6.45) is 2.96. The van der Waals surface area contributed by atoms with Gasteiger partial charge in [0.1, 0.15) is 5.82 Å². The molecule has 1 saturated carbocycles. The number of benzene rings is 1. The molecule has 2 atom stereocenters. The quantitative estimate of drug-likeness (QED) is 0.782. The lowest BCUT2D eigenvalue weighted by Gasteiger charge is -2.07. The lowest BCUT2D eigenvalue weighted by atomic mass is 10.2. The molecule has 1 aliphatic rings. The molecule has 1 aromatic carbocycles. The molecule has 4 nitrogen and oxygen atoms in total. The van der Waals surface area contributed by atoms with Crippen LogP contribution >= 0.6 is 0 Å². The molecule has 0 bridgehead atoms. The highest BCUT2D eigenvalue weighted by molar-refractivity contribution is 5.56. The molecule has 4 heteroatoms. The molecule has 3 rings (SSSR count). The van der Waals surface area contributed by atoms with Crippen molar-refractivity contribution in [1.29, 1.82) is 0 Å². The van der Waals surface area contributed by atoms with Gasteiger partial charge in [-0.2, -0.15) is 0 Å². The van der Waals surface area contributed by atoms with Gasteiger partial charge in [-0.15, -0.1) is 0 Å². The number of nitrogens with two attached hydrogens (primary N) is 1. The molecule has 2 aromatic rings. The van der Waals surface area contributed by atoms with Crippen LogP contribution in [0.4, 0.5) is 11.5 Å². The van der Waals surface area contributed by atoms with Crippen molar-refractivity contribution in [2.24, 2.45) is 5.73 Å². The second-order valence-corrected chi connectivity index (χ2v) is 4.96. The minimum absolute atomic E-state index is 0.0644. The average molecular weight is 255 g/mol. The van der Waals surface area contributed by atoms with Crippen molar-refractivity contribution in [2.75, 3.05) is 5.32 Å². The Morgan fingerprint density at radius 1 is 1.21 bits per heavy atom. The molecular formula is C15H17N3O. The second-order valence-electron chi connectivity index (χ2n) is 4.96. The number of nitrogens with one attached hydrogen (secondary N) is 1. The van der Waals surface area contributed by atoms with Crippen molar-refractivity contribution in [2.45, 2.75) is 25.0 Å². The maximum atomic E-state index is 8.99. The zero-order valence-electron chi connectivity index (χ0n) is 10.6. The van der Waals surface area contributed by atoms with Crippen molar-refractivity contribution in [3.8, 4) is 0 Å². The SMILES string of the molecule is N[C@H]1C[C@@H]1c1ccc(Nc2ccc(CO)cc2)nc1. The monoisotopic (exact) mass is 255 g/mol. The van der Waals surface area contributed by atoms with Crippen molar-refractivity contribution < 1.29 is 5.11 Å². The van der Waals surface area contributed by atoms with E-state index in [9.17, 15) is 0 Å². The summed E-state index contributed by atoms with van der Waals surface area (Å²) in [5.41, 5.74) is 8.90. The van der Waals surface area contributed by atoms with E-state index in [2.05, 4.69) is 16.4 Å². The van der Waals surface area contributed by atoms with E-state index in [1.165, 1.54) is 5.56 Å². The van der Waals surface area contributed by atoms with Crippen molar-refractivity contribution in [1.82, 2.24) is 4.98 Å². The van der Waals surface area contributed by atoms with Crippen LogP contribution in [0.2, 0.25) is 0 Å².